The fourth-order valence-electron chi connectivity index (χ4n) is 3.01. The molecule has 0 radical (unpaired) electrons. The molecule has 0 saturated carbocycles. The minimum atomic E-state index is 0.641. The van der Waals surface area contributed by atoms with Gasteiger partial charge in [0, 0.05) is 11.3 Å². The highest BCUT2D eigenvalue weighted by molar-refractivity contribution is 7.19. The second kappa shape index (κ2) is 5.39. The quantitative estimate of drug-likeness (QED) is 0.659. The van der Waals surface area contributed by atoms with E-state index in [1.54, 1.807) is 11.3 Å². The number of thiophene rings is 1. The van der Waals surface area contributed by atoms with Crippen molar-refractivity contribution >= 4 is 33.2 Å². The van der Waals surface area contributed by atoms with Gasteiger partial charge in [-0.1, -0.05) is 41.9 Å². The lowest BCUT2D eigenvalue weighted by molar-refractivity contribution is 0.870. The van der Waals surface area contributed by atoms with E-state index < -0.39 is 0 Å². The maximum atomic E-state index is 6.42. The molecule has 2 nitrogen and oxygen atoms in total. The number of halogens is 1. The third-order valence-corrected chi connectivity index (χ3v) is 5.51. The molecule has 0 saturated heterocycles. The standard InChI is InChI=1S/C17H15ClN2S/c18-16-15-12-7-4-8-13(12)21-17(15)20-14(19-16)10-9-11-5-2-1-3-6-11/h1-3,5-6H,4,7-10H2. The first-order chi connectivity index (χ1) is 10.3. The van der Waals surface area contributed by atoms with Crippen LogP contribution in [0.1, 0.15) is 28.2 Å². The van der Waals surface area contributed by atoms with Crippen LogP contribution in [0.25, 0.3) is 10.2 Å². The molecule has 0 unspecified atom stereocenters. The van der Waals surface area contributed by atoms with Crippen LogP contribution in [0.4, 0.5) is 0 Å². The molecule has 0 spiro atoms. The molecule has 0 N–H and O–H groups in total. The molecular weight excluding hydrogens is 300 g/mol. The van der Waals surface area contributed by atoms with Crippen molar-refractivity contribution in [3.05, 3.63) is 57.3 Å². The Morgan fingerprint density at radius 1 is 1.05 bits per heavy atom. The molecule has 21 heavy (non-hydrogen) atoms. The Bertz CT molecular complexity index is 795. The van der Waals surface area contributed by atoms with E-state index in [1.807, 2.05) is 6.07 Å². The summed E-state index contributed by atoms with van der Waals surface area (Å²) in [6.45, 7) is 0. The molecule has 0 amide bonds. The lowest BCUT2D eigenvalue weighted by Crippen LogP contribution is -1.99. The molecular formula is C17H15ClN2S. The van der Waals surface area contributed by atoms with Crippen molar-refractivity contribution in [3.8, 4) is 0 Å². The summed E-state index contributed by atoms with van der Waals surface area (Å²) in [6.07, 6.45) is 5.33. The van der Waals surface area contributed by atoms with Crippen molar-refractivity contribution in [1.82, 2.24) is 9.97 Å². The molecule has 4 rings (SSSR count). The van der Waals surface area contributed by atoms with Crippen LogP contribution < -0.4 is 0 Å². The summed E-state index contributed by atoms with van der Waals surface area (Å²) in [5, 5.41) is 1.75. The van der Waals surface area contributed by atoms with Gasteiger partial charge in [-0.25, -0.2) is 9.97 Å². The summed E-state index contributed by atoms with van der Waals surface area (Å²) in [7, 11) is 0. The van der Waals surface area contributed by atoms with Crippen molar-refractivity contribution in [3.63, 3.8) is 0 Å². The molecule has 0 atom stereocenters. The second-order valence-electron chi connectivity index (χ2n) is 5.45. The minimum Gasteiger partial charge on any atom is -0.222 e. The molecule has 0 fully saturated rings. The van der Waals surface area contributed by atoms with Gasteiger partial charge in [0.15, 0.2) is 0 Å². The van der Waals surface area contributed by atoms with Gasteiger partial charge in [0.05, 0.1) is 5.39 Å². The average molecular weight is 315 g/mol. The predicted molar refractivity (Wildman–Crippen MR) is 88.3 cm³/mol. The Labute approximate surface area is 132 Å². The second-order valence-corrected chi connectivity index (χ2v) is 6.90. The van der Waals surface area contributed by atoms with Gasteiger partial charge in [-0.3, -0.25) is 0 Å². The number of hydrogen-bond acceptors (Lipinski definition) is 3. The Balaban J connectivity index is 1.65. The maximum absolute atomic E-state index is 6.42. The first-order valence-corrected chi connectivity index (χ1v) is 8.51. The van der Waals surface area contributed by atoms with Gasteiger partial charge < -0.3 is 0 Å². The summed E-state index contributed by atoms with van der Waals surface area (Å²) >= 11 is 8.23. The van der Waals surface area contributed by atoms with Crippen molar-refractivity contribution in [1.29, 1.82) is 0 Å². The van der Waals surface area contributed by atoms with Crippen molar-refractivity contribution in [2.24, 2.45) is 0 Å². The van der Waals surface area contributed by atoms with Crippen LogP contribution in [0.5, 0.6) is 0 Å². The number of fused-ring (bicyclic) bond motifs is 3. The highest BCUT2D eigenvalue weighted by Crippen LogP contribution is 2.39. The lowest BCUT2D eigenvalue weighted by Gasteiger charge is -2.03. The van der Waals surface area contributed by atoms with Gasteiger partial charge in [-0.2, -0.15) is 0 Å². The molecule has 2 aromatic heterocycles. The Kier molecular flexibility index (Phi) is 3.40. The SMILES string of the molecule is Clc1nc(CCc2ccccc2)nc2sc3c(c12)CCC3. The molecule has 1 aromatic carbocycles. The Hall–Kier alpha value is -1.45. The number of hydrogen-bond donors (Lipinski definition) is 0. The highest BCUT2D eigenvalue weighted by atomic mass is 35.5. The first-order valence-electron chi connectivity index (χ1n) is 7.32. The third-order valence-electron chi connectivity index (χ3n) is 4.05. The topological polar surface area (TPSA) is 25.8 Å². The molecule has 1 aliphatic carbocycles. The summed E-state index contributed by atoms with van der Waals surface area (Å²) in [6, 6.07) is 10.4. The van der Waals surface area contributed by atoms with Crippen molar-refractivity contribution in [2.75, 3.05) is 0 Å². The zero-order valence-electron chi connectivity index (χ0n) is 11.6. The zero-order chi connectivity index (χ0) is 14.2. The van der Waals surface area contributed by atoms with Crippen LogP contribution in [0, 0.1) is 0 Å². The molecule has 1 aliphatic rings. The predicted octanol–water partition coefficient (Wildman–Crippen LogP) is 4.62. The Morgan fingerprint density at radius 3 is 2.76 bits per heavy atom. The van der Waals surface area contributed by atoms with Gasteiger partial charge in [0.1, 0.15) is 15.8 Å². The normalized spacial score (nSPS) is 13.8. The van der Waals surface area contributed by atoms with E-state index in [2.05, 4.69) is 29.2 Å². The average Bonchev–Trinajstić information content (AvgIpc) is 3.06. The first kappa shape index (κ1) is 13.2. The van der Waals surface area contributed by atoms with E-state index in [0.717, 1.165) is 35.3 Å². The zero-order valence-corrected chi connectivity index (χ0v) is 13.2. The van der Waals surface area contributed by atoms with E-state index in [9.17, 15) is 0 Å². The fraction of sp³-hybridized carbons (Fsp3) is 0.294. The summed E-state index contributed by atoms with van der Waals surface area (Å²) < 4.78 is 0. The molecule has 3 aromatic rings. The summed E-state index contributed by atoms with van der Waals surface area (Å²) in [5.41, 5.74) is 2.71. The summed E-state index contributed by atoms with van der Waals surface area (Å²) in [4.78, 5) is 11.8. The van der Waals surface area contributed by atoms with E-state index in [-0.39, 0.29) is 0 Å². The Morgan fingerprint density at radius 2 is 1.90 bits per heavy atom. The van der Waals surface area contributed by atoms with Gasteiger partial charge in [0.25, 0.3) is 0 Å². The number of benzene rings is 1. The van der Waals surface area contributed by atoms with Gasteiger partial charge in [-0.05, 0) is 36.8 Å². The van der Waals surface area contributed by atoms with E-state index in [1.165, 1.54) is 28.8 Å². The molecule has 0 aliphatic heterocycles. The highest BCUT2D eigenvalue weighted by Gasteiger charge is 2.21. The van der Waals surface area contributed by atoms with Gasteiger partial charge in [-0.15, -0.1) is 11.3 Å². The monoisotopic (exact) mass is 314 g/mol. The largest absolute Gasteiger partial charge is 0.222 e. The van der Waals surface area contributed by atoms with E-state index in [0.29, 0.717) is 5.15 Å². The number of nitrogens with zero attached hydrogens (tertiary/aromatic N) is 2. The molecule has 2 heterocycles. The molecule has 106 valence electrons. The van der Waals surface area contributed by atoms with Crippen molar-refractivity contribution < 1.29 is 0 Å². The minimum absolute atomic E-state index is 0.641. The van der Waals surface area contributed by atoms with E-state index in [4.69, 9.17) is 16.6 Å². The van der Waals surface area contributed by atoms with Gasteiger partial charge in [0.2, 0.25) is 0 Å². The maximum Gasteiger partial charge on any atom is 0.141 e. The fourth-order valence-corrected chi connectivity index (χ4v) is 4.64. The van der Waals surface area contributed by atoms with Crippen LogP contribution in [0.3, 0.4) is 0 Å². The smallest absolute Gasteiger partial charge is 0.141 e. The van der Waals surface area contributed by atoms with Crippen LogP contribution in [-0.4, -0.2) is 9.97 Å². The number of aryl methyl sites for hydroxylation is 4. The van der Waals surface area contributed by atoms with Crippen LogP contribution in [0.15, 0.2) is 30.3 Å². The van der Waals surface area contributed by atoms with E-state index >= 15 is 0 Å². The van der Waals surface area contributed by atoms with Crippen LogP contribution in [-0.2, 0) is 25.7 Å². The van der Waals surface area contributed by atoms with Crippen molar-refractivity contribution in [2.45, 2.75) is 32.1 Å². The van der Waals surface area contributed by atoms with Gasteiger partial charge >= 0.3 is 0 Å². The lowest BCUT2D eigenvalue weighted by atomic mass is 10.1. The molecule has 0 bridgehead atoms. The van der Waals surface area contributed by atoms with Crippen LogP contribution in [0.2, 0.25) is 5.15 Å². The summed E-state index contributed by atoms with van der Waals surface area (Å²) in [5.74, 6) is 0.858. The number of aromatic nitrogens is 2. The molecule has 4 heteroatoms. The third kappa shape index (κ3) is 2.45. The number of rotatable bonds is 3. The van der Waals surface area contributed by atoms with Crippen LogP contribution >= 0.6 is 22.9 Å².